The molecule has 8 heteroatoms. The Labute approximate surface area is 181 Å². The van der Waals surface area contributed by atoms with E-state index in [-0.39, 0.29) is 17.3 Å². The van der Waals surface area contributed by atoms with Crippen LogP contribution in [-0.2, 0) is 21.4 Å². The largest absolute Gasteiger partial charge is 0.492 e. The minimum atomic E-state index is -3.65. The Kier molecular flexibility index (Phi) is 7.64. The molecule has 0 bridgehead atoms. The molecule has 0 atom stereocenters. The first-order valence-electron chi connectivity index (χ1n) is 9.70. The van der Waals surface area contributed by atoms with Crippen molar-refractivity contribution in [1.82, 2.24) is 10.0 Å². The van der Waals surface area contributed by atoms with Crippen molar-refractivity contribution >= 4 is 22.0 Å². The van der Waals surface area contributed by atoms with Crippen LogP contribution in [0.5, 0.6) is 5.75 Å². The highest BCUT2D eigenvalue weighted by Gasteiger charge is 2.13. The third-order valence-electron chi connectivity index (χ3n) is 4.29. The van der Waals surface area contributed by atoms with E-state index in [4.69, 9.17) is 9.15 Å². The first-order valence-corrected chi connectivity index (χ1v) is 11.2. The molecule has 1 amide bonds. The van der Waals surface area contributed by atoms with E-state index in [1.807, 2.05) is 31.2 Å². The van der Waals surface area contributed by atoms with Gasteiger partial charge in [-0.2, -0.15) is 0 Å². The standard InChI is InChI=1S/C23H24N2O5S/c1-18-4-2-5-20(16-18)30-15-13-24-23(26)12-9-19-7-10-22(11-8-19)31(27,28)25-17-21-6-3-14-29-21/h2-12,14,16,25H,13,15,17H2,1H3,(H,24,26)/b12-9+. The van der Waals surface area contributed by atoms with Crippen molar-refractivity contribution in [3.8, 4) is 5.75 Å². The second-order valence-electron chi connectivity index (χ2n) is 6.76. The molecule has 3 aromatic rings. The van der Waals surface area contributed by atoms with Crippen molar-refractivity contribution in [1.29, 1.82) is 0 Å². The number of amides is 1. The van der Waals surface area contributed by atoms with Crippen LogP contribution in [0, 0.1) is 6.92 Å². The van der Waals surface area contributed by atoms with Crippen LogP contribution in [0.1, 0.15) is 16.9 Å². The lowest BCUT2D eigenvalue weighted by Gasteiger charge is -2.07. The van der Waals surface area contributed by atoms with Crippen molar-refractivity contribution < 1.29 is 22.4 Å². The van der Waals surface area contributed by atoms with E-state index in [0.29, 0.717) is 24.5 Å². The number of sulfonamides is 1. The Hall–Kier alpha value is -3.36. The molecular weight excluding hydrogens is 416 g/mol. The maximum absolute atomic E-state index is 12.3. The molecule has 31 heavy (non-hydrogen) atoms. The van der Waals surface area contributed by atoms with Gasteiger partial charge in [-0.3, -0.25) is 4.79 Å². The summed E-state index contributed by atoms with van der Waals surface area (Å²) in [4.78, 5) is 12.1. The molecule has 2 aromatic carbocycles. The van der Waals surface area contributed by atoms with Crippen molar-refractivity contribution in [2.75, 3.05) is 13.2 Å². The number of nitrogens with one attached hydrogen (secondary N) is 2. The number of carbonyl (C=O) groups excluding carboxylic acids is 1. The maximum Gasteiger partial charge on any atom is 0.244 e. The number of hydrogen-bond donors (Lipinski definition) is 2. The molecule has 162 valence electrons. The SMILES string of the molecule is Cc1cccc(OCCNC(=O)/C=C/c2ccc(S(=O)(=O)NCc3ccco3)cc2)c1. The molecule has 0 radical (unpaired) electrons. The summed E-state index contributed by atoms with van der Waals surface area (Å²) in [5.41, 5.74) is 1.81. The number of rotatable bonds is 10. The summed E-state index contributed by atoms with van der Waals surface area (Å²) >= 11 is 0. The fourth-order valence-corrected chi connectivity index (χ4v) is 3.69. The number of benzene rings is 2. The van der Waals surface area contributed by atoms with Crippen LogP contribution >= 0.6 is 0 Å². The van der Waals surface area contributed by atoms with Gasteiger partial charge in [-0.1, -0.05) is 24.3 Å². The average Bonchev–Trinajstić information content (AvgIpc) is 3.28. The first-order chi connectivity index (χ1) is 14.9. The lowest BCUT2D eigenvalue weighted by molar-refractivity contribution is -0.116. The smallest absolute Gasteiger partial charge is 0.244 e. The Morgan fingerprint density at radius 1 is 1.10 bits per heavy atom. The van der Waals surface area contributed by atoms with Crippen molar-refractivity contribution in [2.45, 2.75) is 18.4 Å². The summed E-state index contributed by atoms with van der Waals surface area (Å²) in [5.74, 6) is 1.03. The molecule has 7 nitrogen and oxygen atoms in total. The fourth-order valence-electron chi connectivity index (χ4n) is 2.70. The van der Waals surface area contributed by atoms with Crippen molar-refractivity contribution in [3.05, 3.63) is 89.9 Å². The van der Waals surface area contributed by atoms with Gasteiger partial charge in [-0.05, 0) is 60.5 Å². The quantitative estimate of drug-likeness (QED) is 0.372. The van der Waals surface area contributed by atoms with Gasteiger partial charge in [0, 0.05) is 6.08 Å². The summed E-state index contributed by atoms with van der Waals surface area (Å²) in [6, 6.07) is 17.3. The molecule has 1 heterocycles. The molecule has 1 aromatic heterocycles. The third kappa shape index (κ3) is 7.13. The highest BCUT2D eigenvalue weighted by Crippen LogP contribution is 2.13. The summed E-state index contributed by atoms with van der Waals surface area (Å²) < 4.78 is 37.8. The highest BCUT2D eigenvalue weighted by atomic mass is 32.2. The van der Waals surface area contributed by atoms with Crippen LogP contribution in [-0.4, -0.2) is 27.5 Å². The van der Waals surface area contributed by atoms with Crippen molar-refractivity contribution in [3.63, 3.8) is 0 Å². The van der Waals surface area contributed by atoms with E-state index in [1.54, 1.807) is 30.3 Å². The molecule has 0 unspecified atom stereocenters. The Morgan fingerprint density at radius 2 is 1.90 bits per heavy atom. The molecule has 3 rings (SSSR count). The molecular formula is C23H24N2O5S. The van der Waals surface area contributed by atoms with E-state index in [9.17, 15) is 13.2 Å². The Balaban J connectivity index is 1.44. The van der Waals surface area contributed by atoms with Gasteiger partial charge in [0.15, 0.2) is 0 Å². The lowest BCUT2D eigenvalue weighted by Crippen LogP contribution is -2.26. The summed E-state index contributed by atoms with van der Waals surface area (Å²) in [5, 5.41) is 2.74. The van der Waals surface area contributed by atoms with Crippen LogP contribution in [0.4, 0.5) is 0 Å². The zero-order valence-corrected chi connectivity index (χ0v) is 17.9. The van der Waals surface area contributed by atoms with Gasteiger partial charge >= 0.3 is 0 Å². The molecule has 0 fully saturated rings. The second-order valence-corrected chi connectivity index (χ2v) is 8.53. The first kappa shape index (κ1) is 22.3. The van der Waals surface area contributed by atoms with Gasteiger partial charge in [-0.25, -0.2) is 13.1 Å². The van der Waals surface area contributed by atoms with Crippen LogP contribution < -0.4 is 14.8 Å². The fraction of sp³-hybridized carbons (Fsp3) is 0.174. The van der Waals surface area contributed by atoms with Gasteiger partial charge < -0.3 is 14.5 Å². The van der Waals surface area contributed by atoms with Crippen LogP contribution in [0.2, 0.25) is 0 Å². The lowest BCUT2D eigenvalue weighted by atomic mass is 10.2. The Morgan fingerprint density at radius 3 is 2.61 bits per heavy atom. The number of ether oxygens (including phenoxy) is 1. The van der Waals surface area contributed by atoms with E-state index in [0.717, 1.165) is 11.3 Å². The summed E-state index contributed by atoms with van der Waals surface area (Å²) in [6.45, 7) is 2.79. The van der Waals surface area contributed by atoms with Gasteiger partial charge in [-0.15, -0.1) is 0 Å². The number of carbonyl (C=O) groups is 1. The predicted molar refractivity (Wildman–Crippen MR) is 118 cm³/mol. The number of furan rings is 1. The zero-order chi connectivity index (χ0) is 22.1. The van der Waals surface area contributed by atoms with Crippen molar-refractivity contribution in [2.24, 2.45) is 0 Å². The molecule has 0 aliphatic rings. The van der Waals surface area contributed by atoms with E-state index in [1.165, 1.54) is 24.5 Å². The van der Waals surface area contributed by atoms with E-state index < -0.39 is 10.0 Å². The molecule has 0 saturated carbocycles. The monoisotopic (exact) mass is 440 g/mol. The molecule has 0 saturated heterocycles. The van der Waals surface area contributed by atoms with Gasteiger partial charge in [0.1, 0.15) is 18.1 Å². The van der Waals surface area contributed by atoms with E-state index in [2.05, 4.69) is 10.0 Å². The topological polar surface area (TPSA) is 97.6 Å². The van der Waals surface area contributed by atoms with Gasteiger partial charge in [0.25, 0.3) is 0 Å². The average molecular weight is 441 g/mol. The normalized spacial score (nSPS) is 11.5. The summed E-state index contributed by atoms with van der Waals surface area (Å²) in [6.07, 6.45) is 4.49. The van der Waals surface area contributed by atoms with Crippen LogP contribution in [0.25, 0.3) is 6.08 Å². The number of hydrogen-bond acceptors (Lipinski definition) is 5. The Bertz CT molecular complexity index is 1120. The van der Waals surface area contributed by atoms with Gasteiger partial charge in [0.05, 0.1) is 24.2 Å². The summed E-state index contributed by atoms with van der Waals surface area (Å²) in [7, 11) is -3.65. The van der Waals surface area contributed by atoms with E-state index >= 15 is 0 Å². The highest BCUT2D eigenvalue weighted by molar-refractivity contribution is 7.89. The van der Waals surface area contributed by atoms with Gasteiger partial charge in [0.2, 0.25) is 15.9 Å². The number of aryl methyl sites for hydroxylation is 1. The zero-order valence-electron chi connectivity index (χ0n) is 17.1. The molecule has 0 aliphatic heterocycles. The predicted octanol–water partition coefficient (Wildman–Crippen LogP) is 3.27. The molecule has 0 spiro atoms. The van der Waals surface area contributed by atoms with Crippen LogP contribution in [0.3, 0.4) is 0 Å². The minimum absolute atomic E-state index is 0.0742. The third-order valence-corrected chi connectivity index (χ3v) is 5.71. The second kappa shape index (κ2) is 10.6. The minimum Gasteiger partial charge on any atom is -0.492 e. The molecule has 0 aliphatic carbocycles. The molecule has 2 N–H and O–H groups in total. The van der Waals surface area contributed by atoms with Crippen LogP contribution in [0.15, 0.2) is 82.3 Å². The maximum atomic E-state index is 12.3.